The van der Waals surface area contributed by atoms with Gasteiger partial charge in [-0.25, -0.2) is 4.79 Å². The Kier molecular flexibility index (Phi) is 4.72. The van der Waals surface area contributed by atoms with E-state index in [2.05, 4.69) is 11.3 Å². The molecule has 0 heterocycles. The van der Waals surface area contributed by atoms with E-state index in [1.807, 2.05) is 0 Å². The summed E-state index contributed by atoms with van der Waals surface area (Å²) in [6, 6.07) is 0. The summed E-state index contributed by atoms with van der Waals surface area (Å²) in [5.74, 6) is -0.727. The first-order chi connectivity index (χ1) is 5.04. The third kappa shape index (κ3) is 5.75. The van der Waals surface area contributed by atoms with Crippen molar-refractivity contribution in [3.05, 3.63) is 12.2 Å². The highest BCUT2D eigenvalue weighted by atomic mass is 32.2. The molecule has 0 aliphatic carbocycles. The van der Waals surface area contributed by atoms with Crippen LogP contribution in [0.5, 0.6) is 0 Å². The summed E-state index contributed by atoms with van der Waals surface area (Å²) in [5, 5.41) is 0. The molecule has 5 heteroatoms. The molecule has 1 unspecified atom stereocenters. The molecule has 4 nitrogen and oxygen atoms in total. The molecule has 0 radical (unpaired) electrons. The smallest absolute Gasteiger partial charge is 0.333 e. The van der Waals surface area contributed by atoms with Crippen molar-refractivity contribution in [2.45, 2.75) is 6.92 Å². The summed E-state index contributed by atoms with van der Waals surface area (Å²) in [5.41, 5.74) is 0.265. The van der Waals surface area contributed by atoms with Gasteiger partial charge in [0.15, 0.2) is 0 Å². The van der Waals surface area contributed by atoms with Gasteiger partial charge >= 0.3 is 5.97 Å². The summed E-state index contributed by atoms with van der Waals surface area (Å²) in [6.45, 7) is 4.71. The minimum absolute atomic E-state index is 0.109. The third-order valence-corrected chi connectivity index (χ3v) is 1.33. The van der Waals surface area contributed by atoms with Crippen molar-refractivity contribution in [2.24, 2.45) is 0 Å². The van der Waals surface area contributed by atoms with Crippen LogP contribution in [0.15, 0.2) is 12.2 Å². The van der Waals surface area contributed by atoms with Gasteiger partial charge in [0.25, 0.3) is 0 Å². The van der Waals surface area contributed by atoms with Crippen molar-refractivity contribution in [1.29, 1.82) is 0 Å². The topological polar surface area (TPSA) is 66.4 Å². The lowest BCUT2D eigenvalue weighted by Gasteiger charge is -2.05. The first-order valence-corrected chi connectivity index (χ1v) is 4.17. The molecule has 1 atom stereocenters. The summed E-state index contributed by atoms with van der Waals surface area (Å²) in [6.07, 6.45) is 0. The molecule has 11 heavy (non-hydrogen) atoms. The molecule has 0 spiro atoms. The molecule has 0 saturated carbocycles. The Morgan fingerprint density at radius 3 is 2.64 bits per heavy atom. The zero-order valence-corrected chi connectivity index (χ0v) is 6.98. The van der Waals surface area contributed by atoms with Gasteiger partial charge in [0.05, 0.1) is 0 Å². The zero-order chi connectivity index (χ0) is 8.85. The fraction of sp³-hybridized carbons (Fsp3) is 0.500. The molecule has 0 aromatic rings. The SMILES string of the molecule is C=C(C)C(=O)OCCS(=O)[O-]. The van der Waals surface area contributed by atoms with Gasteiger partial charge in [-0.2, -0.15) is 0 Å². The fourth-order valence-electron chi connectivity index (χ4n) is 0.326. The highest BCUT2D eigenvalue weighted by Gasteiger charge is 2.01. The van der Waals surface area contributed by atoms with Crippen LogP contribution >= 0.6 is 0 Å². The van der Waals surface area contributed by atoms with Crippen molar-refractivity contribution in [3.63, 3.8) is 0 Å². The maximum Gasteiger partial charge on any atom is 0.333 e. The summed E-state index contributed by atoms with van der Waals surface area (Å²) in [4.78, 5) is 10.6. The number of carbonyl (C=O) groups is 1. The molecule has 0 bridgehead atoms. The Bertz CT molecular complexity index is 187. The highest BCUT2D eigenvalue weighted by molar-refractivity contribution is 7.79. The Balaban J connectivity index is 3.47. The predicted molar refractivity (Wildman–Crippen MR) is 39.6 cm³/mol. The molecule has 0 rings (SSSR count). The summed E-state index contributed by atoms with van der Waals surface area (Å²) >= 11 is -2.15. The van der Waals surface area contributed by atoms with Crippen molar-refractivity contribution in [1.82, 2.24) is 0 Å². The van der Waals surface area contributed by atoms with Crippen LogP contribution in [0.2, 0.25) is 0 Å². The van der Waals surface area contributed by atoms with E-state index in [9.17, 15) is 13.6 Å². The molecule has 0 aliphatic rings. The van der Waals surface area contributed by atoms with Crippen molar-refractivity contribution in [3.8, 4) is 0 Å². The zero-order valence-electron chi connectivity index (χ0n) is 6.16. The largest absolute Gasteiger partial charge is 0.772 e. The number of rotatable bonds is 4. The number of hydrogen-bond donors (Lipinski definition) is 0. The fourth-order valence-corrected chi connectivity index (χ4v) is 0.545. The molecule has 0 N–H and O–H groups in total. The Labute approximate surface area is 67.5 Å². The summed E-state index contributed by atoms with van der Waals surface area (Å²) < 4.78 is 24.4. The molecular weight excluding hydrogens is 168 g/mol. The normalized spacial score (nSPS) is 12.2. The molecule has 0 aromatic carbocycles. The maximum absolute atomic E-state index is 10.6. The van der Waals surface area contributed by atoms with Crippen molar-refractivity contribution >= 4 is 17.0 Å². The number of ether oxygens (including phenoxy) is 1. The van der Waals surface area contributed by atoms with E-state index >= 15 is 0 Å². The number of carbonyl (C=O) groups excluding carboxylic acids is 1. The highest BCUT2D eigenvalue weighted by Crippen LogP contribution is 1.91. The number of esters is 1. The quantitative estimate of drug-likeness (QED) is 0.344. The minimum atomic E-state index is -2.15. The summed E-state index contributed by atoms with van der Waals surface area (Å²) in [7, 11) is 0. The van der Waals surface area contributed by atoms with E-state index < -0.39 is 17.0 Å². The predicted octanol–water partition coefficient (Wildman–Crippen LogP) is -0.0152. The second kappa shape index (κ2) is 5.03. The van der Waals surface area contributed by atoms with E-state index in [-0.39, 0.29) is 17.9 Å². The van der Waals surface area contributed by atoms with Crippen LogP contribution in [-0.4, -0.2) is 27.1 Å². The number of hydrogen-bond acceptors (Lipinski definition) is 4. The average Bonchev–Trinajstić information content (AvgIpc) is 1.86. The molecule has 0 fully saturated rings. The van der Waals surface area contributed by atoms with Gasteiger partial charge in [0.1, 0.15) is 6.61 Å². The van der Waals surface area contributed by atoms with Crippen LogP contribution < -0.4 is 0 Å². The Hall–Kier alpha value is -0.680. The molecular formula is C6H9O4S-. The van der Waals surface area contributed by atoms with Gasteiger partial charge in [0.2, 0.25) is 0 Å². The van der Waals surface area contributed by atoms with Gasteiger partial charge < -0.3 is 9.29 Å². The first kappa shape index (κ1) is 10.3. The third-order valence-electron chi connectivity index (χ3n) is 0.832. The lowest BCUT2D eigenvalue weighted by atomic mass is 10.4. The second-order valence-corrected chi connectivity index (χ2v) is 2.94. The minimum Gasteiger partial charge on any atom is -0.772 e. The van der Waals surface area contributed by atoms with Gasteiger partial charge in [-0.05, 0) is 6.92 Å². The second-order valence-electron chi connectivity index (χ2n) is 1.92. The van der Waals surface area contributed by atoms with E-state index in [1.54, 1.807) is 0 Å². The lowest BCUT2D eigenvalue weighted by molar-refractivity contribution is -0.138. The Morgan fingerprint density at radius 2 is 2.27 bits per heavy atom. The molecule has 0 aromatic heterocycles. The van der Waals surface area contributed by atoms with Crippen LogP contribution in [0.4, 0.5) is 0 Å². The van der Waals surface area contributed by atoms with Crippen molar-refractivity contribution < 1.29 is 18.3 Å². The van der Waals surface area contributed by atoms with Gasteiger partial charge in [-0.15, -0.1) is 0 Å². The molecule has 0 amide bonds. The van der Waals surface area contributed by atoms with Crippen LogP contribution in [0, 0.1) is 0 Å². The van der Waals surface area contributed by atoms with Crippen LogP contribution in [0.25, 0.3) is 0 Å². The molecule has 0 aliphatic heterocycles. The van der Waals surface area contributed by atoms with E-state index in [0.717, 1.165) is 0 Å². The lowest BCUT2D eigenvalue weighted by Crippen LogP contribution is -2.11. The van der Waals surface area contributed by atoms with E-state index in [4.69, 9.17) is 0 Å². The Morgan fingerprint density at radius 1 is 1.73 bits per heavy atom. The maximum atomic E-state index is 10.6. The van der Waals surface area contributed by atoms with Crippen LogP contribution in [0.3, 0.4) is 0 Å². The standard InChI is InChI=1S/C6H10O4S/c1-5(2)6(7)10-3-4-11(8)9/h1,3-4H2,2H3,(H,8,9)/p-1. The van der Waals surface area contributed by atoms with Crippen molar-refractivity contribution in [2.75, 3.05) is 12.4 Å². The van der Waals surface area contributed by atoms with E-state index in [0.29, 0.717) is 0 Å². The first-order valence-electron chi connectivity index (χ1n) is 2.92. The molecule has 64 valence electrons. The van der Waals surface area contributed by atoms with Gasteiger partial charge in [0, 0.05) is 11.3 Å². The average molecular weight is 177 g/mol. The van der Waals surface area contributed by atoms with Crippen LogP contribution in [-0.2, 0) is 20.6 Å². The van der Waals surface area contributed by atoms with E-state index in [1.165, 1.54) is 6.92 Å². The van der Waals surface area contributed by atoms with Crippen LogP contribution in [0.1, 0.15) is 6.92 Å². The van der Waals surface area contributed by atoms with Gasteiger partial charge in [-0.3, -0.25) is 4.21 Å². The monoisotopic (exact) mass is 177 g/mol. The van der Waals surface area contributed by atoms with Gasteiger partial charge in [-0.1, -0.05) is 17.7 Å². The molecule has 0 saturated heterocycles.